The zero-order valence-corrected chi connectivity index (χ0v) is 11.7. The van der Waals surface area contributed by atoms with Gasteiger partial charge in [0, 0.05) is 5.57 Å². The summed E-state index contributed by atoms with van der Waals surface area (Å²) in [6.07, 6.45) is 7.62. The van der Waals surface area contributed by atoms with E-state index in [1.807, 2.05) is 24.3 Å². The van der Waals surface area contributed by atoms with Crippen molar-refractivity contribution in [3.63, 3.8) is 0 Å². The zero-order chi connectivity index (χ0) is 14.0. The number of nitrogens with one attached hydrogen (secondary N) is 1. The van der Waals surface area contributed by atoms with Crippen LogP contribution in [0.3, 0.4) is 0 Å². The molecule has 3 nitrogen and oxygen atoms in total. The number of carbonyl (C=O) groups excluding carboxylic acids is 1. The fraction of sp³-hybridized carbons (Fsp3) is 0.471. The first-order valence-corrected chi connectivity index (χ1v) is 7.47. The van der Waals surface area contributed by atoms with Crippen LogP contribution >= 0.6 is 0 Å². The first kappa shape index (κ1) is 13.4. The first-order chi connectivity index (χ1) is 9.69. The molecule has 1 aromatic carbocycles. The lowest BCUT2D eigenvalue weighted by atomic mass is 9.79. The van der Waals surface area contributed by atoms with Crippen LogP contribution in [0.25, 0.3) is 0 Å². The number of benzene rings is 1. The number of amides is 1. The van der Waals surface area contributed by atoms with Crippen molar-refractivity contribution in [2.45, 2.75) is 44.1 Å². The van der Waals surface area contributed by atoms with E-state index in [9.17, 15) is 9.90 Å². The Bertz CT molecular complexity index is 550. The maximum Gasteiger partial charge on any atom is 0.246 e. The highest BCUT2D eigenvalue weighted by molar-refractivity contribution is 5.93. The maximum absolute atomic E-state index is 12.1. The average molecular weight is 271 g/mol. The minimum absolute atomic E-state index is 0.0148. The van der Waals surface area contributed by atoms with E-state index in [2.05, 4.69) is 11.4 Å². The molecule has 1 unspecified atom stereocenters. The molecule has 2 N–H and O–H groups in total. The molecule has 2 aliphatic carbocycles. The largest absolute Gasteiger partial charge is 0.383 e. The quantitative estimate of drug-likeness (QED) is 0.887. The highest BCUT2D eigenvalue weighted by Crippen LogP contribution is 2.34. The summed E-state index contributed by atoms with van der Waals surface area (Å²) in [5, 5.41) is 13.8. The summed E-state index contributed by atoms with van der Waals surface area (Å²) >= 11 is 0. The van der Waals surface area contributed by atoms with Crippen molar-refractivity contribution in [3.05, 3.63) is 47.0 Å². The number of carbonyl (C=O) groups is 1. The topological polar surface area (TPSA) is 49.3 Å². The second kappa shape index (κ2) is 5.41. The van der Waals surface area contributed by atoms with Crippen LogP contribution in [0.2, 0.25) is 0 Å². The van der Waals surface area contributed by atoms with Gasteiger partial charge in [-0.3, -0.25) is 4.79 Å². The molecule has 1 aromatic rings. The van der Waals surface area contributed by atoms with Gasteiger partial charge in [-0.1, -0.05) is 30.3 Å². The van der Waals surface area contributed by atoms with Crippen molar-refractivity contribution < 1.29 is 9.90 Å². The van der Waals surface area contributed by atoms with Crippen LogP contribution in [-0.4, -0.2) is 17.6 Å². The highest BCUT2D eigenvalue weighted by atomic mass is 16.3. The lowest BCUT2D eigenvalue weighted by Crippen LogP contribution is -2.43. The second-order valence-corrected chi connectivity index (χ2v) is 5.85. The summed E-state index contributed by atoms with van der Waals surface area (Å²) in [7, 11) is 0. The summed E-state index contributed by atoms with van der Waals surface area (Å²) < 4.78 is 0. The van der Waals surface area contributed by atoms with E-state index < -0.39 is 5.60 Å². The summed E-state index contributed by atoms with van der Waals surface area (Å²) in [6.45, 7) is 0.306. The standard InChI is InChI=1S/C17H21NO2/c19-16(14-7-1-2-8-14)18-12-17(20)11-5-9-13-6-3-4-10-15(13)17/h3-4,6-7,10,20H,1-2,5,8-9,11-12H2,(H,18,19). The van der Waals surface area contributed by atoms with Crippen LogP contribution in [0.15, 0.2) is 35.9 Å². The van der Waals surface area contributed by atoms with Crippen LogP contribution in [-0.2, 0) is 16.8 Å². The molecule has 1 amide bonds. The molecule has 3 heteroatoms. The van der Waals surface area contributed by atoms with Crippen molar-refractivity contribution in [1.29, 1.82) is 0 Å². The van der Waals surface area contributed by atoms with Gasteiger partial charge < -0.3 is 10.4 Å². The molecule has 1 atom stereocenters. The Kier molecular flexibility index (Phi) is 3.62. The number of fused-ring (bicyclic) bond motifs is 1. The molecule has 0 aromatic heterocycles. The van der Waals surface area contributed by atoms with Crippen LogP contribution in [0.1, 0.15) is 43.2 Å². The number of allylic oxidation sites excluding steroid dienone is 1. The number of hydrogen-bond acceptors (Lipinski definition) is 2. The van der Waals surface area contributed by atoms with Crippen molar-refractivity contribution >= 4 is 5.91 Å². The van der Waals surface area contributed by atoms with E-state index in [0.29, 0.717) is 13.0 Å². The lowest BCUT2D eigenvalue weighted by molar-refractivity contribution is -0.119. The maximum atomic E-state index is 12.1. The molecule has 0 aliphatic heterocycles. The normalized spacial score (nSPS) is 24.9. The molecule has 3 rings (SSSR count). The monoisotopic (exact) mass is 271 g/mol. The number of aryl methyl sites for hydroxylation is 1. The molecule has 0 bridgehead atoms. The van der Waals surface area contributed by atoms with Crippen molar-refractivity contribution in [2.24, 2.45) is 0 Å². The third-order valence-corrected chi connectivity index (χ3v) is 4.43. The Morgan fingerprint density at radius 1 is 1.25 bits per heavy atom. The van der Waals surface area contributed by atoms with Gasteiger partial charge in [0.15, 0.2) is 0 Å². The zero-order valence-electron chi connectivity index (χ0n) is 11.7. The molecular weight excluding hydrogens is 250 g/mol. The summed E-state index contributed by atoms with van der Waals surface area (Å²) in [4.78, 5) is 12.1. The van der Waals surface area contributed by atoms with E-state index in [1.165, 1.54) is 5.56 Å². The summed E-state index contributed by atoms with van der Waals surface area (Å²) in [6, 6.07) is 8.01. The van der Waals surface area contributed by atoms with Crippen LogP contribution in [0.5, 0.6) is 0 Å². The third-order valence-electron chi connectivity index (χ3n) is 4.43. The average Bonchev–Trinajstić information content (AvgIpc) is 3.00. The Balaban J connectivity index is 1.72. The molecule has 0 fully saturated rings. The van der Waals surface area contributed by atoms with Crippen LogP contribution in [0.4, 0.5) is 0 Å². The summed E-state index contributed by atoms with van der Waals surface area (Å²) in [5.74, 6) is -0.0148. The first-order valence-electron chi connectivity index (χ1n) is 7.47. The lowest BCUT2D eigenvalue weighted by Gasteiger charge is -2.34. The molecule has 0 saturated carbocycles. The van der Waals surface area contributed by atoms with Crippen LogP contribution < -0.4 is 5.32 Å². The van der Waals surface area contributed by atoms with Gasteiger partial charge in [0.2, 0.25) is 5.91 Å². The second-order valence-electron chi connectivity index (χ2n) is 5.85. The van der Waals surface area contributed by atoms with Gasteiger partial charge in [-0.05, 0) is 49.7 Å². The Morgan fingerprint density at radius 3 is 2.90 bits per heavy atom. The molecule has 20 heavy (non-hydrogen) atoms. The molecule has 0 spiro atoms. The van der Waals surface area contributed by atoms with Gasteiger partial charge in [0.25, 0.3) is 0 Å². The predicted octanol–water partition coefficient (Wildman–Crippen LogP) is 2.44. The smallest absolute Gasteiger partial charge is 0.246 e. The van der Waals surface area contributed by atoms with E-state index in [0.717, 1.165) is 43.2 Å². The van der Waals surface area contributed by atoms with Gasteiger partial charge in [-0.15, -0.1) is 0 Å². The van der Waals surface area contributed by atoms with Crippen molar-refractivity contribution in [1.82, 2.24) is 5.32 Å². The third kappa shape index (κ3) is 2.50. The van der Waals surface area contributed by atoms with Gasteiger partial charge >= 0.3 is 0 Å². The Hall–Kier alpha value is -1.61. The minimum Gasteiger partial charge on any atom is -0.383 e. The van der Waals surface area contributed by atoms with Gasteiger partial charge in [0.1, 0.15) is 5.60 Å². The van der Waals surface area contributed by atoms with Gasteiger partial charge in [0.05, 0.1) is 6.54 Å². The molecule has 0 radical (unpaired) electrons. The van der Waals surface area contributed by atoms with E-state index in [4.69, 9.17) is 0 Å². The Morgan fingerprint density at radius 2 is 2.10 bits per heavy atom. The fourth-order valence-electron chi connectivity index (χ4n) is 3.30. The van der Waals surface area contributed by atoms with Crippen molar-refractivity contribution in [2.75, 3.05) is 6.54 Å². The van der Waals surface area contributed by atoms with Crippen LogP contribution in [0, 0.1) is 0 Å². The van der Waals surface area contributed by atoms with E-state index >= 15 is 0 Å². The molecule has 2 aliphatic rings. The molecular formula is C17H21NO2. The van der Waals surface area contributed by atoms with E-state index in [1.54, 1.807) is 0 Å². The predicted molar refractivity (Wildman–Crippen MR) is 78.2 cm³/mol. The highest BCUT2D eigenvalue weighted by Gasteiger charge is 2.34. The van der Waals surface area contributed by atoms with Gasteiger partial charge in [-0.2, -0.15) is 0 Å². The Labute approximate surface area is 119 Å². The molecule has 0 saturated heterocycles. The minimum atomic E-state index is -0.913. The summed E-state index contributed by atoms with van der Waals surface area (Å²) in [5.41, 5.74) is 2.14. The SMILES string of the molecule is O=C(NCC1(O)CCCc2ccccc21)C1=CCCC1. The fourth-order valence-corrected chi connectivity index (χ4v) is 3.30. The number of aliphatic hydroxyl groups is 1. The molecule has 0 heterocycles. The molecule has 106 valence electrons. The number of hydrogen-bond donors (Lipinski definition) is 2. The van der Waals surface area contributed by atoms with Gasteiger partial charge in [-0.25, -0.2) is 0 Å². The number of rotatable bonds is 3. The van der Waals surface area contributed by atoms with Crippen molar-refractivity contribution in [3.8, 4) is 0 Å². The van der Waals surface area contributed by atoms with E-state index in [-0.39, 0.29) is 5.91 Å².